The summed E-state index contributed by atoms with van der Waals surface area (Å²) in [7, 11) is 2.99. The number of ketones is 1. The highest BCUT2D eigenvalue weighted by atomic mass is 32.1. The number of aliphatic carboxylic acids is 1. The van der Waals surface area contributed by atoms with Crippen molar-refractivity contribution in [3.05, 3.63) is 82.4 Å². The molecular formula is C53H62N8O16S. The number of pyridine rings is 1. The third-order valence-corrected chi connectivity index (χ3v) is 13.4. The number of imide groups is 1. The van der Waals surface area contributed by atoms with Crippen LogP contribution < -0.4 is 45.9 Å². The van der Waals surface area contributed by atoms with Crippen LogP contribution in [0, 0.1) is 0 Å². The fourth-order valence-corrected chi connectivity index (χ4v) is 9.15. The van der Waals surface area contributed by atoms with E-state index in [9.17, 15) is 47.9 Å². The van der Waals surface area contributed by atoms with E-state index >= 15 is 0 Å². The van der Waals surface area contributed by atoms with Crippen LogP contribution in [0.15, 0.2) is 60.7 Å². The predicted molar refractivity (Wildman–Crippen MR) is 280 cm³/mol. The normalized spacial score (nSPS) is 12.9. The molecule has 4 aromatic rings. The van der Waals surface area contributed by atoms with Gasteiger partial charge in [0.15, 0.2) is 23.0 Å². The summed E-state index contributed by atoms with van der Waals surface area (Å²) in [5.74, 6) is -2.90. The Morgan fingerprint density at radius 2 is 1.51 bits per heavy atom. The van der Waals surface area contributed by atoms with Crippen LogP contribution in [0.2, 0.25) is 0 Å². The third-order valence-electron chi connectivity index (χ3n) is 12.2. The number of nitrogens with two attached hydrogens (primary N) is 1. The molecule has 0 saturated heterocycles. The van der Waals surface area contributed by atoms with Gasteiger partial charge in [0, 0.05) is 73.9 Å². The third kappa shape index (κ3) is 17.7. The molecule has 416 valence electrons. The van der Waals surface area contributed by atoms with Gasteiger partial charge in [-0.25, -0.2) is 9.78 Å². The molecule has 0 fully saturated rings. The SMILES string of the molecule is COc1cc2sc(C(=O)CCC(=O)O)cc2cc1OCCCOc1nc2c(cc1OC)CN(C(=O)CCC(=O)OCc1ccc(NC(=O)[C@H](CCCNC(N)=O)NC(=O)CNC(=O)CCCCCN3C(=O)C=CC3=O)cc1)C2. The maximum Gasteiger partial charge on any atom is 0.312 e. The lowest BCUT2D eigenvalue weighted by Crippen LogP contribution is -2.47. The molecule has 78 heavy (non-hydrogen) atoms. The second-order valence-electron chi connectivity index (χ2n) is 18.0. The van der Waals surface area contributed by atoms with Crippen LogP contribution in [-0.4, -0.2) is 132 Å². The monoisotopic (exact) mass is 1100 g/mol. The number of primary amides is 1. The molecule has 2 aliphatic heterocycles. The number of amides is 8. The highest BCUT2D eigenvalue weighted by Crippen LogP contribution is 2.37. The summed E-state index contributed by atoms with van der Waals surface area (Å²) >= 11 is 1.26. The van der Waals surface area contributed by atoms with Crippen molar-refractivity contribution in [3.63, 3.8) is 0 Å². The standard InChI is InChI=1S/C53H62N8O16S/c1-73-39-27-42-33(26-43(78-42)38(62)14-18-49(68)69)24-40(39)75-22-7-23-76-52-41(74-2)25-34-29-60(30-37(34)59-52)46(65)17-19-50(70)77-31-32-10-12-35(13-11-32)57-51(71)36(8-6-20-55-53(54)72)58-45(64)28-56-44(63)9-4-3-5-21-61-47(66)15-16-48(61)67/h10-13,15-16,24-27,36H,3-9,14,17-23,28-31H2,1-2H3,(H,56,63)(H,57,71)(H,58,64)(H,68,69)(H3,54,55,72)/t36-/m0/s1. The number of rotatable bonds is 32. The molecule has 1 atom stereocenters. The molecule has 0 saturated carbocycles. The van der Waals surface area contributed by atoms with Crippen LogP contribution in [0.3, 0.4) is 0 Å². The van der Waals surface area contributed by atoms with Gasteiger partial charge in [0.2, 0.25) is 23.6 Å². The zero-order chi connectivity index (χ0) is 56.1. The number of carbonyl (C=O) groups is 10. The van der Waals surface area contributed by atoms with E-state index in [4.69, 9.17) is 34.5 Å². The van der Waals surface area contributed by atoms with E-state index in [2.05, 4.69) is 26.3 Å². The number of fused-ring (bicyclic) bond motifs is 2. The maximum absolute atomic E-state index is 13.3. The number of Topliss-reactive ketones (excluding diaryl/α,β-unsaturated/α-hetero) is 1. The Morgan fingerprint density at radius 3 is 2.23 bits per heavy atom. The number of carbonyl (C=O) groups excluding carboxylic acids is 9. The van der Waals surface area contributed by atoms with Crippen molar-refractivity contribution in [1.29, 1.82) is 0 Å². The molecule has 7 N–H and O–H groups in total. The average molecular weight is 1100 g/mol. The van der Waals surface area contributed by atoms with Gasteiger partial charge in [0.05, 0.1) is 63.9 Å². The average Bonchev–Trinajstić information content (AvgIpc) is 4.20. The van der Waals surface area contributed by atoms with Crippen molar-refractivity contribution in [3.8, 4) is 23.1 Å². The molecule has 6 rings (SSSR count). The van der Waals surface area contributed by atoms with E-state index in [1.807, 2.05) is 0 Å². The summed E-state index contributed by atoms with van der Waals surface area (Å²) in [6.07, 6.45) is 4.34. The maximum atomic E-state index is 13.3. The number of urea groups is 1. The number of nitrogens with one attached hydrogen (secondary N) is 4. The van der Waals surface area contributed by atoms with Crippen LogP contribution in [0.25, 0.3) is 10.1 Å². The Morgan fingerprint density at radius 1 is 0.769 bits per heavy atom. The van der Waals surface area contributed by atoms with Gasteiger partial charge < -0.3 is 60.7 Å². The van der Waals surface area contributed by atoms with Crippen molar-refractivity contribution in [2.75, 3.05) is 52.4 Å². The van der Waals surface area contributed by atoms with Crippen molar-refractivity contribution < 1.29 is 76.7 Å². The van der Waals surface area contributed by atoms with Gasteiger partial charge in [-0.3, -0.25) is 48.1 Å². The molecule has 0 radical (unpaired) electrons. The number of anilines is 1. The lowest BCUT2D eigenvalue weighted by atomic mass is 10.1. The lowest BCUT2D eigenvalue weighted by Gasteiger charge is -2.19. The largest absolute Gasteiger partial charge is 0.493 e. The number of ether oxygens (including phenoxy) is 5. The first kappa shape index (κ1) is 58.6. The van der Waals surface area contributed by atoms with Gasteiger partial charge in [-0.05, 0) is 72.5 Å². The minimum atomic E-state index is -1.05. The number of hydrogen-bond acceptors (Lipinski definition) is 17. The Kier molecular flexibility index (Phi) is 21.8. The Balaban J connectivity index is 0.887. The van der Waals surface area contributed by atoms with Gasteiger partial charge in [-0.2, -0.15) is 0 Å². The number of benzene rings is 2. The van der Waals surface area contributed by atoms with E-state index in [0.29, 0.717) is 64.8 Å². The van der Waals surface area contributed by atoms with Crippen molar-refractivity contribution in [2.24, 2.45) is 5.73 Å². The van der Waals surface area contributed by atoms with Crippen LogP contribution in [0.1, 0.15) is 97.1 Å². The molecule has 8 amide bonds. The number of thiophene rings is 1. The van der Waals surface area contributed by atoms with Gasteiger partial charge >= 0.3 is 18.0 Å². The Labute approximate surface area is 452 Å². The molecule has 0 bridgehead atoms. The van der Waals surface area contributed by atoms with E-state index < -0.39 is 42.4 Å². The van der Waals surface area contributed by atoms with E-state index in [-0.39, 0.29) is 126 Å². The Bertz CT molecular complexity index is 2890. The van der Waals surface area contributed by atoms with Gasteiger partial charge in [0.1, 0.15) is 12.6 Å². The first-order chi connectivity index (χ1) is 37.5. The fourth-order valence-electron chi connectivity index (χ4n) is 8.11. The van der Waals surface area contributed by atoms with Crippen molar-refractivity contribution >= 4 is 86.3 Å². The molecule has 2 aliphatic rings. The minimum absolute atomic E-state index is 0.0913. The summed E-state index contributed by atoms with van der Waals surface area (Å²) in [5, 5.41) is 20.0. The topological polar surface area (TPSA) is 331 Å². The summed E-state index contributed by atoms with van der Waals surface area (Å²) < 4.78 is 29.3. The van der Waals surface area contributed by atoms with E-state index in [0.717, 1.165) is 20.5 Å². The summed E-state index contributed by atoms with van der Waals surface area (Å²) in [6.45, 7) is 0.814. The van der Waals surface area contributed by atoms with Crippen LogP contribution >= 0.6 is 11.3 Å². The van der Waals surface area contributed by atoms with E-state index in [1.54, 1.807) is 53.4 Å². The van der Waals surface area contributed by atoms with Crippen molar-refractivity contribution in [2.45, 2.75) is 96.4 Å². The number of carboxylic acids is 1. The summed E-state index contributed by atoms with van der Waals surface area (Å²) in [4.78, 5) is 130. The highest BCUT2D eigenvalue weighted by Gasteiger charge is 2.28. The van der Waals surface area contributed by atoms with Gasteiger partial charge in [-0.1, -0.05) is 18.6 Å². The molecule has 25 heteroatoms. The Hall–Kier alpha value is -8.61. The highest BCUT2D eigenvalue weighted by molar-refractivity contribution is 7.20. The number of unbranched alkanes of at least 4 members (excludes halogenated alkanes) is 2. The molecule has 24 nitrogen and oxygen atoms in total. The molecule has 4 heterocycles. The molecule has 2 aromatic carbocycles. The first-order valence-electron chi connectivity index (χ1n) is 25.1. The fraction of sp³-hybridized carbons (Fsp3) is 0.415. The molecule has 2 aromatic heterocycles. The van der Waals surface area contributed by atoms with Gasteiger partial charge in [0.25, 0.3) is 17.7 Å². The molecule has 0 spiro atoms. The first-order valence-corrected chi connectivity index (χ1v) is 26.0. The second kappa shape index (κ2) is 29.1. The van der Waals surface area contributed by atoms with E-state index in [1.165, 1.54) is 37.7 Å². The lowest BCUT2D eigenvalue weighted by molar-refractivity contribution is -0.147. The molecule has 0 unspecified atom stereocenters. The van der Waals surface area contributed by atoms with Crippen LogP contribution in [-0.2, 0) is 62.8 Å². The van der Waals surface area contributed by atoms with Crippen LogP contribution in [0.4, 0.5) is 10.5 Å². The minimum Gasteiger partial charge on any atom is -0.493 e. The number of hydrogen-bond donors (Lipinski definition) is 6. The number of esters is 1. The number of carboxylic acid groups (broad SMARTS) is 1. The van der Waals surface area contributed by atoms with Gasteiger partial charge in [-0.15, -0.1) is 11.3 Å². The quantitative estimate of drug-likeness (QED) is 0.0174. The number of aromatic nitrogens is 1. The smallest absolute Gasteiger partial charge is 0.312 e. The summed E-state index contributed by atoms with van der Waals surface area (Å²) in [6, 6.07) is 11.7. The molecule has 0 aliphatic carbocycles. The zero-order valence-electron chi connectivity index (χ0n) is 43.2. The summed E-state index contributed by atoms with van der Waals surface area (Å²) in [5.41, 5.74) is 7.51. The predicted octanol–water partition coefficient (Wildman–Crippen LogP) is 4.05. The molecular weight excluding hydrogens is 1040 g/mol. The second-order valence-corrected chi connectivity index (χ2v) is 19.1. The number of nitrogens with zero attached hydrogens (tertiary/aromatic N) is 3. The zero-order valence-corrected chi connectivity index (χ0v) is 44.0. The van der Waals surface area contributed by atoms with Crippen LogP contribution in [0.5, 0.6) is 23.1 Å². The van der Waals surface area contributed by atoms with Crippen molar-refractivity contribution in [1.82, 2.24) is 30.7 Å². The number of methoxy groups -OCH3 is 2.